The van der Waals surface area contributed by atoms with Crippen molar-refractivity contribution in [1.29, 1.82) is 0 Å². The minimum Gasteiger partial charge on any atom is -0.383 e. The number of ether oxygens (including phenoxy) is 1. The molecule has 0 radical (unpaired) electrons. The van der Waals surface area contributed by atoms with Crippen LogP contribution >= 0.6 is 27.7 Å². The summed E-state index contributed by atoms with van der Waals surface area (Å²) >= 11 is 4.83. The summed E-state index contributed by atoms with van der Waals surface area (Å²) in [7, 11) is 1.55. The molecule has 0 bridgehead atoms. The van der Waals surface area contributed by atoms with Crippen LogP contribution in [-0.4, -0.2) is 24.9 Å². The number of rotatable bonds is 5. The van der Waals surface area contributed by atoms with Crippen LogP contribution in [0.1, 0.15) is 0 Å². The van der Waals surface area contributed by atoms with Crippen molar-refractivity contribution in [1.82, 2.24) is 5.43 Å². The van der Waals surface area contributed by atoms with Crippen molar-refractivity contribution < 1.29 is 9.53 Å². The van der Waals surface area contributed by atoms with E-state index >= 15 is 0 Å². The Morgan fingerprint density at radius 2 is 2.31 bits per heavy atom. The molecule has 0 fully saturated rings. The van der Waals surface area contributed by atoms with Crippen LogP contribution in [0.5, 0.6) is 0 Å². The molecule has 0 aliphatic rings. The lowest BCUT2D eigenvalue weighted by Gasteiger charge is -2.14. The Morgan fingerprint density at radius 3 is 2.88 bits per heavy atom. The zero-order valence-electron chi connectivity index (χ0n) is 8.77. The highest BCUT2D eigenvalue weighted by Crippen LogP contribution is 2.30. The maximum absolute atomic E-state index is 11.5. The van der Waals surface area contributed by atoms with Crippen LogP contribution in [0, 0.1) is 0 Å². The van der Waals surface area contributed by atoms with Gasteiger partial charge in [0.25, 0.3) is 0 Å². The van der Waals surface area contributed by atoms with Gasteiger partial charge in [-0.05, 0) is 28.1 Å². The number of amides is 1. The van der Waals surface area contributed by atoms with Crippen LogP contribution in [0.3, 0.4) is 0 Å². The summed E-state index contributed by atoms with van der Waals surface area (Å²) in [6.45, 7) is 0.315. The fraction of sp³-hybridized carbons (Fsp3) is 0.300. The van der Waals surface area contributed by atoms with Crippen LogP contribution in [0.15, 0.2) is 33.6 Å². The summed E-state index contributed by atoms with van der Waals surface area (Å²) in [6, 6.07) is 7.69. The number of hydrogen-bond acceptors (Lipinski definition) is 4. The predicted molar refractivity (Wildman–Crippen MR) is 68.0 cm³/mol. The lowest BCUT2D eigenvalue weighted by molar-refractivity contribution is -0.121. The molecule has 88 valence electrons. The molecule has 3 N–H and O–H groups in total. The van der Waals surface area contributed by atoms with Crippen molar-refractivity contribution >= 4 is 33.6 Å². The summed E-state index contributed by atoms with van der Waals surface area (Å²) in [6.07, 6.45) is 0. The van der Waals surface area contributed by atoms with Gasteiger partial charge in [-0.2, -0.15) is 0 Å². The summed E-state index contributed by atoms with van der Waals surface area (Å²) in [4.78, 5) is 12.4. The van der Waals surface area contributed by atoms with E-state index in [4.69, 9.17) is 10.6 Å². The van der Waals surface area contributed by atoms with Crippen molar-refractivity contribution in [2.45, 2.75) is 10.1 Å². The molecule has 0 saturated heterocycles. The van der Waals surface area contributed by atoms with Crippen LogP contribution in [0.2, 0.25) is 0 Å². The molecule has 4 nitrogen and oxygen atoms in total. The molecule has 0 spiro atoms. The molecule has 1 unspecified atom stereocenters. The monoisotopic (exact) mass is 304 g/mol. The highest BCUT2D eigenvalue weighted by molar-refractivity contribution is 9.10. The molecule has 1 aromatic rings. The Hall–Kier alpha value is -0.560. The molecule has 0 heterocycles. The van der Waals surface area contributed by atoms with Gasteiger partial charge >= 0.3 is 0 Å². The average molecular weight is 305 g/mol. The Kier molecular flexibility index (Phi) is 5.83. The molecule has 1 amide bonds. The van der Waals surface area contributed by atoms with Gasteiger partial charge in [0.1, 0.15) is 5.25 Å². The zero-order valence-corrected chi connectivity index (χ0v) is 11.2. The average Bonchev–Trinajstić information content (AvgIpc) is 2.30. The number of carbonyl (C=O) groups excluding carboxylic acids is 1. The first kappa shape index (κ1) is 13.5. The highest BCUT2D eigenvalue weighted by Gasteiger charge is 2.19. The van der Waals surface area contributed by atoms with Gasteiger partial charge in [-0.15, -0.1) is 11.8 Å². The highest BCUT2D eigenvalue weighted by atomic mass is 79.9. The molecule has 1 aromatic carbocycles. The molecule has 0 aliphatic heterocycles. The predicted octanol–water partition coefficient (Wildman–Crippen LogP) is 1.55. The molecule has 16 heavy (non-hydrogen) atoms. The molecule has 1 rings (SSSR count). The third kappa shape index (κ3) is 3.79. The first-order chi connectivity index (χ1) is 7.69. The third-order valence-electron chi connectivity index (χ3n) is 1.86. The number of methoxy groups -OCH3 is 1. The Morgan fingerprint density at radius 1 is 1.62 bits per heavy atom. The summed E-state index contributed by atoms with van der Waals surface area (Å²) in [5.41, 5.74) is 2.13. The minimum atomic E-state index is -0.353. The summed E-state index contributed by atoms with van der Waals surface area (Å²) in [5.74, 6) is 4.87. The van der Waals surface area contributed by atoms with Gasteiger partial charge in [0.05, 0.1) is 6.61 Å². The molecule has 1 atom stereocenters. The van der Waals surface area contributed by atoms with E-state index in [-0.39, 0.29) is 11.2 Å². The van der Waals surface area contributed by atoms with Gasteiger partial charge in [-0.3, -0.25) is 10.2 Å². The number of carbonyl (C=O) groups is 1. The maximum atomic E-state index is 11.5. The second-order valence-corrected chi connectivity index (χ2v) is 5.10. The first-order valence-corrected chi connectivity index (χ1v) is 6.27. The number of nitrogens with two attached hydrogens (primary N) is 1. The molecule has 0 saturated carbocycles. The van der Waals surface area contributed by atoms with E-state index < -0.39 is 0 Å². The minimum absolute atomic E-state index is 0.248. The second-order valence-electron chi connectivity index (χ2n) is 3.00. The van der Waals surface area contributed by atoms with Crippen LogP contribution in [-0.2, 0) is 9.53 Å². The molecule has 0 aliphatic carbocycles. The normalized spacial score (nSPS) is 12.2. The number of thioether (sulfide) groups is 1. The van der Waals surface area contributed by atoms with E-state index in [1.807, 2.05) is 24.3 Å². The van der Waals surface area contributed by atoms with Gasteiger partial charge < -0.3 is 4.74 Å². The molecule has 0 aromatic heterocycles. The van der Waals surface area contributed by atoms with Crippen molar-refractivity contribution in [2.75, 3.05) is 13.7 Å². The van der Waals surface area contributed by atoms with Crippen molar-refractivity contribution in [3.8, 4) is 0 Å². The summed E-state index contributed by atoms with van der Waals surface area (Å²) < 4.78 is 5.94. The Labute approximate surface area is 107 Å². The number of hydrogen-bond donors (Lipinski definition) is 2. The smallest absolute Gasteiger partial charge is 0.249 e. The Balaban J connectivity index is 2.75. The number of halogens is 1. The zero-order chi connectivity index (χ0) is 12.0. The topological polar surface area (TPSA) is 64.3 Å². The van der Waals surface area contributed by atoms with Crippen LogP contribution in [0.25, 0.3) is 0 Å². The van der Waals surface area contributed by atoms with Gasteiger partial charge in [0.2, 0.25) is 5.91 Å². The van der Waals surface area contributed by atoms with E-state index in [1.54, 1.807) is 7.11 Å². The fourth-order valence-corrected chi connectivity index (χ4v) is 2.69. The molecular formula is C10H13BrN2O2S. The van der Waals surface area contributed by atoms with Gasteiger partial charge in [-0.1, -0.05) is 12.1 Å². The van der Waals surface area contributed by atoms with E-state index in [0.717, 1.165) is 9.37 Å². The van der Waals surface area contributed by atoms with Gasteiger partial charge in [0, 0.05) is 16.5 Å². The number of hydrazine groups is 1. The number of benzene rings is 1. The van der Waals surface area contributed by atoms with E-state index in [9.17, 15) is 4.79 Å². The SMILES string of the molecule is COCC(Sc1ccccc1Br)C(=O)NN. The Bertz CT molecular complexity index is 362. The fourth-order valence-electron chi connectivity index (χ4n) is 1.10. The first-order valence-electron chi connectivity index (χ1n) is 4.59. The lowest BCUT2D eigenvalue weighted by atomic mass is 10.4. The largest absolute Gasteiger partial charge is 0.383 e. The second kappa shape index (κ2) is 6.90. The molecular weight excluding hydrogens is 292 g/mol. The lowest BCUT2D eigenvalue weighted by Crippen LogP contribution is -2.39. The quantitative estimate of drug-likeness (QED) is 0.375. The van der Waals surface area contributed by atoms with Crippen LogP contribution < -0.4 is 11.3 Å². The molecule has 6 heteroatoms. The van der Waals surface area contributed by atoms with Gasteiger partial charge in [-0.25, -0.2) is 5.84 Å². The van der Waals surface area contributed by atoms with E-state index in [2.05, 4.69) is 21.4 Å². The number of nitrogens with one attached hydrogen (secondary N) is 1. The standard InChI is InChI=1S/C10H13BrN2O2S/c1-15-6-9(10(14)13-12)16-8-5-3-2-4-7(8)11/h2-5,9H,6,12H2,1H3,(H,13,14). The van der Waals surface area contributed by atoms with Crippen LogP contribution in [0.4, 0.5) is 0 Å². The van der Waals surface area contributed by atoms with Crippen molar-refractivity contribution in [2.24, 2.45) is 5.84 Å². The summed E-state index contributed by atoms with van der Waals surface area (Å²) in [5, 5.41) is -0.353. The van der Waals surface area contributed by atoms with Gasteiger partial charge in [0.15, 0.2) is 0 Å². The van der Waals surface area contributed by atoms with Crippen molar-refractivity contribution in [3.63, 3.8) is 0 Å². The van der Waals surface area contributed by atoms with E-state index in [0.29, 0.717) is 6.61 Å². The van der Waals surface area contributed by atoms with E-state index in [1.165, 1.54) is 11.8 Å². The van der Waals surface area contributed by atoms with Crippen molar-refractivity contribution in [3.05, 3.63) is 28.7 Å². The third-order valence-corrected chi connectivity index (χ3v) is 4.06. The maximum Gasteiger partial charge on any atom is 0.249 e.